The largest absolute Gasteiger partial charge is 0.273 e. The highest BCUT2D eigenvalue weighted by Gasteiger charge is 1.97. The van der Waals surface area contributed by atoms with Gasteiger partial charge in [0.2, 0.25) is 5.91 Å². The van der Waals surface area contributed by atoms with Crippen LogP contribution < -0.4 is 5.43 Å². The first-order valence-electron chi connectivity index (χ1n) is 5.80. The van der Waals surface area contributed by atoms with Crippen LogP contribution in [0.1, 0.15) is 38.2 Å². The molecule has 1 amide bonds. The molecule has 17 heavy (non-hydrogen) atoms. The van der Waals surface area contributed by atoms with Gasteiger partial charge in [-0.2, -0.15) is 5.10 Å². The highest BCUT2D eigenvalue weighted by atomic mass is 19.1. The lowest BCUT2D eigenvalue weighted by Crippen LogP contribution is -2.16. The maximum Gasteiger partial charge on any atom is 0.240 e. The summed E-state index contributed by atoms with van der Waals surface area (Å²) in [6, 6.07) is 5.90. The molecule has 0 bridgehead atoms. The van der Waals surface area contributed by atoms with E-state index in [1.807, 2.05) is 0 Å². The van der Waals surface area contributed by atoms with E-state index in [9.17, 15) is 9.18 Å². The summed E-state index contributed by atoms with van der Waals surface area (Å²) in [5.74, 6) is -0.373. The van der Waals surface area contributed by atoms with Gasteiger partial charge in [-0.05, 0) is 24.1 Å². The SMILES string of the molecule is CCCCCC(=O)N/N=C\c1ccc(F)cc1. The minimum atomic E-state index is -0.286. The zero-order valence-corrected chi connectivity index (χ0v) is 9.95. The van der Waals surface area contributed by atoms with Crippen molar-refractivity contribution >= 4 is 12.1 Å². The summed E-state index contributed by atoms with van der Waals surface area (Å²) >= 11 is 0. The minimum Gasteiger partial charge on any atom is -0.273 e. The van der Waals surface area contributed by atoms with Gasteiger partial charge in [-0.3, -0.25) is 4.79 Å². The molecular formula is C13H17FN2O. The quantitative estimate of drug-likeness (QED) is 0.460. The monoisotopic (exact) mass is 236 g/mol. The first-order valence-corrected chi connectivity index (χ1v) is 5.80. The van der Waals surface area contributed by atoms with Crippen LogP contribution in [0, 0.1) is 5.82 Å². The third kappa shape index (κ3) is 5.80. The number of carbonyl (C=O) groups excluding carboxylic acids is 1. The van der Waals surface area contributed by atoms with Gasteiger partial charge in [0.05, 0.1) is 6.21 Å². The van der Waals surface area contributed by atoms with Crippen molar-refractivity contribution in [1.29, 1.82) is 0 Å². The maximum absolute atomic E-state index is 12.6. The van der Waals surface area contributed by atoms with Crippen LogP contribution in [-0.2, 0) is 4.79 Å². The zero-order chi connectivity index (χ0) is 12.5. The van der Waals surface area contributed by atoms with Gasteiger partial charge in [0.25, 0.3) is 0 Å². The Labute approximate surface area is 101 Å². The number of unbranched alkanes of at least 4 members (excludes halogenated alkanes) is 2. The molecule has 0 aromatic heterocycles. The van der Waals surface area contributed by atoms with Crippen LogP contribution in [0.25, 0.3) is 0 Å². The van der Waals surface area contributed by atoms with Crippen LogP contribution in [0.4, 0.5) is 4.39 Å². The Morgan fingerprint density at radius 3 is 2.71 bits per heavy atom. The topological polar surface area (TPSA) is 41.5 Å². The summed E-state index contributed by atoms with van der Waals surface area (Å²) in [5, 5.41) is 3.80. The molecular weight excluding hydrogens is 219 g/mol. The molecule has 0 atom stereocenters. The Hall–Kier alpha value is -1.71. The molecule has 0 spiro atoms. The molecule has 0 radical (unpaired) electrons. The second-order valence-corrected chi connectivity index (χ2v) is 3.80. The molecule has 0 saturated heterocycles. The maximum atomic E-state index is 12.6. The van der Waals surface area contributed by atoms with Gasteiger partial charge >= 0.3 is 0 Å². The molecule has 0 aliphatic rings. The van der Waals surface area contributed by atoms with Gasteiger partial charge in [0.1, 0.15) is 5.82 Å². The standard InChI is InChI=1S/C13H17FN2O/c1-2-3-4-5-13(17)16-15-10-11-6-8-12(14)9-7-11/h6-10H,2-5H2,1H3,(H,16,17)/b15-10-. The number of hydrogen-bond donors (Lipinski definition) is 1. The Balaban J connectivity index is 2.29. The second-order valence-electron chi connectivity index (χ2n) is 3.80. The predicted octanol–water partition coefficient (Wildman–Crippen LogP) is 2.86. The number of nitrogens with zero attached hydrogens (tertiary/aromatic N) is 1. The predicted molar refractivity (Wildman–Crippen MR) is 66.3 cm³/mol. The Morgan fingerprint density at radius 2 is 2.06 bits per heavy atom. The highest BCUT2D eigenvalue weighted by molar-refractivity contribution is 5.82. The number of rotatable bonds is 6. The summed E-state index contributed by atoms with van der Waals surface area (Å²) in [4.78, 5) is 11.3. The number of amides is 1. The fraction of sp³-hybridized carbons (Fsp3) is 0.385. The molecule has 1 aromatic rings. The van der Waals surface area contributed by atoms with E-state index in [1.54, 1.807) is 12.1 Å². The van der Waals surface area contributed by atoms with Crippen molar-refractivity contribution in [2.45, 2.75) is 32.6 Å². The molecule has 4 heteroatoms. The van der Waals surface area contributed by atoms with E-state index in [0.717, 1.165) is 24.8 Å². The lowest BCUT2D eigenvalue weighted by Gasteiger charge is -1.98. The Kier molecular flexibility index (Phi) is 5.93. The van der Waals surface area contributed by atoms with Gasteiger partial charge in [-0.15, -0.1) is 0 Å². The molecule has 92 valence electrons. The van der Waals surface area contributed by atoms with E-state index >= 15 is 0 Å². The van der Waals surface area contributed by atoms with Crippen LogP contribution in [-0.4, -0.2) is 12.1 Å². The average Bonchev–Trinajstić information content (AvgIpc) is 2.32. The van der Waals surface area contributed by atoms with Gasteiger partial charge in [0, 0.05) is 6.42 Å². The van der Waals surface area contributed by atoms with E-state index in [-0.39, 0.29) is 11.7 Å². The fourth-order valence-electron chi connectivity index (χ4n) is 1.32. The summed E-state index contributed by atoms with van der Waals surface area (Å²) in [5.41, 5.74) is 3.19. The van der Waals surface area contributed by atoms with E-state index in [4.69, 9.17) is 0 Å². The summed E-state index contributed by atoms with van der Waals surface area (Å²) < 4.78 is 12.6. The minimum absolute atomic E-state index is 0.0863. The number of carbonyl (C=O) groups is 1. The third-order valence-corrected chi connectivity index (χ3v) is 2.28. The first kappa shape index (κ1) is 13.4. The van der Waals surface area contributed by atoms with E-state index < -0.39 is 0 Å². The molecule has 0 saturated carbocycles. The van der Waals surface area contributed by atoms with Crippen molar-refractivity contribution in [3.05, 3.63) is 35.6 Å². The fourth-order valence-corrected chi connectivity index (χ4v) is 1.32. The van der Waals surface area contributed by atoms with Crippen molar-refractivity contribution < 1.29 is 9.18 Å². The molecule has 1 rings (SSSR count). The first-order chi connectivity index (χ1) is 8.22. The Bertz CT molecular complexity index is 374. The lowest BCUT2D eigenvalue weighted by molar-refractivity contribution is -0.121. The molecule has 1 aromatic carbocycles. The van der Waals surface area contributed by atoms with Crippen molar-refractivity contribution in [3.63, 3.8) is 0 Å². The number of halogens is 1. The molecule has 0 unspecified atom stereocenters. The smallest absolute Gasteiger partial charge is 0.240 e. The molecule has 0 heterocycles. The third-order valence-electron chi connectivity index (χ3n) is 2.28. The van der Waals surface area contributed by atoms with E-state index in [1.165, 1.54) is 18.3 Å². The van der Waals surface area contributed by atoms with Crippen molar-refractivity contribution in [2.75, 3.05) is 0 Å². The lowest BCUT2D eigenvalue weighted by atomic mass is 10.2. The number of benzene rings is 1. The van der Waals surface area contributed by atoms with Crippen LogP contribution in [0.2, 0.25) is 0 Å². The second kappa shape index (κ2) is 7.54. The Morgan fingerprint density at radius 1 is 1.35 bits per heavy atom. The average molecular weight is 236 g/mol. The molecule has 3 nitrogen and oxygen atoms in total. The summed E-state index contributed by atoms with van der Waals surface area (Å²) in [7, 11) is 0. The van der Waals surface area contributed by atoms with Crippen LogP contribution in [0.3, 0.4) is 0 Å². The molecule has 0 aliphatic carbocycles. The number of hydrazone groups is 1. The molecule has 0 aliphatic heterocycles. The molecule has 1 N–H and O–H groups in total. The van der Waals surface area contributed by atoms with Crippen molar-refractivity contribution in [3.8, 4) is 0 Å². The van der Waals surface area contributed by atoms with Crippen LogP contribution in [0.15, 0.2) is 29.4 Å². The zero-order valence-electron chi connectivity index (χ0n) is 9.95. The van der Waals surface area contributed by atoms with Gasteiger partial charge in [-0.25, -0.2) is 9.82 Å². The van der Waals surface area contributed by atoms with Crippen molar-refractivity contribution in [1.82, 2.24) is 5.43 Å². The van der Waals surface area contributed by atoms with Gasteiger partial charge < -0.3 is 0 Å². The van der Waals surface area contributed by atoms with Crippen LogP contribution in [0.5, 0.6) is 0 Å². The number of hydrogen-bond acceptors (Lipinski definition) is 2. The van der Waals surface area contributed by atoms with Crippen LogP contribution >= 0.6 is 0 Å². The molecule has 0 fully saturated rings. The normalized spacial score (nSPS) is 10.7. The van der Waals surface area contributed by atoms with Gasteiger partial charge in [0.15, 0.2) is 0 Å². The van der Waals surface area contributed by atoms with Gasteiger partial charge in [-0.1, -0.05) is 31.9 Å². The summed E-state index contributed by atoms with van der Waals surface area (Å²) in [6.45, 7) is 2.09. The van der Waals surface area contributed by atoms with E-state index in [0.29, 0.717) is 6.42 Å². The van der Waals surface area contributed by atoms with E-state index in [2.05, 4.69) is 17.5 Å². The number of nitrogens with one attached hydrogen (secondary N) is 1. The van der Waals surface area contributed by atoms with Crippen molar-refractivity contribution in [2.24, 2.45) is 5.10 Å². The summed E-state index contributed by atoms with van der Waals surface area (Å²) in [6.07, 6.45) is 5.02. The highest BCUT2D eigenvalue weighted by Crippen LogP contribution is 2.00.